The molecule has 0 radical (unpaired) electrons. The van der Waals surface area contributed by atoms with Crippen LogP contribution in [0.3, 0.4) is 0 Å². The maximum Gasteiger partial charge on any atom is 0.304 e. The quantitative estimate of drug-likeness (QED) is 0.816. The molecule has 0 saturated heterocycles. The second-order valence-corrected chi connectivity index (χ2v) is 4.29. The number of fused-ring (bicyclic) bond motifs is 1. The Morgan fingerprint density at radius 3 is 3.00 bits per heavy atom. The molecule has 0 spiro atoms. The third-order valence-electron chi connectivity index (χ3n) is 2.83. The molecule has 0 aromatic carbocycles. The van der Waals surface area contributed by atoms with Gasteiger partial charge in [0.05, 0.1) is 17.8 Å². The Bertz CT molecular complexity index is 384. The van der Waals surface area contributed by atoms with Crippen molar-refractivity contribution in [1.82, 2.24) is 15.0 Å². The number of aromatic nitrogens is 3. The van der Waals surface area contributed by atoms with Gasteiger partial charge >= 0.3 is 5.97 Å². The topological polar surface area (TPSA) is 68.0 Å². The SMILES string of the molecule is CC(C)n1nnc2c1C(CC(=O)O)CC2. The van der Waals surface area contributed by atoms with Gasteiger partial charge in [-0.3, -0.25) is 4.79 Å². The van der Waals surface area contributed by atoms with Gasteiger partial charge in [-0.05, 0) is 26.7 Å². The van der Waals surface area contributed by atoms with E-state index in [4.69, 9.17) is 5.11 Å². The highest BCUT2D eigenvalue weighted by atomic mass is 16.4. The summed E-state index contributed by atoms with van der Waals surface area (Å²) < 4.78 is 1.86. The molecule has 1 unspecified atom stereocenters. The van der Waals surface area contributed by atoms with Crippen LogP contribution in [-0.2, 0) is 11.2 Å². The van der Waals surface area contributed by atoms with Crippen molar-refractivity contribution < 1.29 is 9.90 Å². The second-order valence-electron chi connectivity index (χ2n) is 4.29. The number of aliphatic carboxylic acids is 1. The molecule has 0 aliphatic heterocycles. The molecule has 82 valence electrons. The van der Waals surface area contributed by atoms with Crippen LogP contribution in [0.25, 0.3) is 0 Å². The maximum atomic E-state index is 10.7. The number of hydrogen-bond acceptors (Lipinski definition) is 3. The largest absolute Gasteiger partial charge is 0.481 e. The highest BCUT2D eigenvalue weighted by molar-refractivity contribution is 5.68. The molecule has 1 N–H and O–H groups in total. The standard InChI is InChI=1S/C10H15N3O2/c1-6(2)13-10-7(5-9(14)15)3-4-8(10)11-12-13/h6-7H,3-5H2,1-2H3,(H,14,15). The molecule has 1 aromatic rings. The summed E-state index contributed by atoms with van der Waals surface area (Å²) in [5.41, 5.74) is 2.02. The summed E-state index contributed by atoms with van der Waals surface area (Å²) in [7, 11) is 0. The minimum absolute atomic E-state index is 0.0925. The van der Waals surface area contributed by atoms with Crippen molar-refractivity contribution in [1.29, 1.82) is 0 Å². The van der Waals surface area contributed by atoms with E-state index in [1.54, 1.807) is 0 Å². The molecule has 1 atom stereocenters. The van der Waals surface area contributed by atoms with Crippen molar-refractivity contribution in [2.24, 2.45) is 0 Å². The normalized spacial score (nSPS) is 19.5. The molecule has 5 nitrogen and oxygen atoms in total. The van der Waals surface area contributed by atoms with Crippen molar-refractivity contribution in [3.8, 4) is 0 Å². The lowest BCUT2D eigenvalue weighted by Crippen LogP contribution is -2.12. The average molecular weight is 209 g/mol. The van der Waals surface area contributed by atoms with Gasteiger partial charge in [0.15, 0.2) is 0 Å². The molecular weight excluding hydrogens is 194 g/mol. The van der Waals surface area contributed by atoms with Crippen molar-refractivity contribution in [2.75, 3.05) is 0 Å². The first-order valence-electron chi connectivity index (χ1n) is 5.25. The van der Waals surface area contributed by atoms with Crippen molar-refractivity contribution in [3.63, 3.8) is 0 Å². The van der Waals surface area contributed by atoms with Crippen LogP contribution in [-0.4, -0.2) is 26.1 Å². The first-order valence-corrected chi connectivity index (χ1v) is 5.25. The van der Waals surface area contributed by atoms with Gasteiger partial charge in [0.1, 0.15) is 0 Å². The van der Waals surface area contributed by atoms with Gasteiger partial charge in [-0.15, -0.1) is 5.10 Å². The monoisotopic (exact) mass is 209 g/mol. The number of aryl methyl sites for hydroxylation is 1. The molecule has 0 saturated carbocycles. The molecule has 2 rings (SSSR count). The Balaban J connectivity index is 2.30. The van der Waals surface area contributed by atoms with Crippen LogP contribution >= 0.6 is 0 Å². The third kappa shape index (κ3) is 1.73. The van der Waals surface area contributed by atoms with E-state index in [9.17, 15) is 4.79 Å². The molecule has 5 heteroatoms. The number of rotatable bonds is 3. The van der Waals surface area contributed by atoms with Crippen molar-refractivity contribution in [2.45, 2.75) is 45.1 Å². The number of carboxylic acids is 1. The molecule has 15 heavy (non-hydrogen) atoms. The van der Waals surface area contributed by atoms with E-state index in [0.717, 1.165) is 24.2 Å². The lowest BCUT2D eigenvalue weighted by molar-refractivity contribution is -0.137. The Morgan fingerprint density at radius 2 is 2.40 bits per heavy atom. The summed E-state index contributed by atoms with van der Waals surface area (Å²) in [4.78, 5) is 10.7. The van der Waals surface area contributed by atoms with E-state index in [2.05, 4.69) is 10.3 Å². The summed E-state index contributed by atoms with van der Waals surface area (Å²) in [5, 5.41) is 17.0. The number of hydrogen-bond donors (Lipinski definition) is 1. The summed E-state index contributed by atoms with van der Waals surface area (Å²) in [6.45, 7) is 4.07. The summed E-state index contributed by atoms with van der Waals surface area (Å²) in [6.07, 6.45) is 1.94. The van der Waals surface area contributed by atoms with E-state index >= 15 is 0 Å². The highest BCUT2D eigenvalue weighted by Crippen LogP contribution is 2.35. The van der Waals surface area contributed by atoms with E-state index in [-0.39, 0.29) is 18.4 Å². The van der Waals surface area contributed by atoms with E-state index < -0.39 is 5.97 Å². The van der Waals surface area contributed by atoms with E-state index in [1.807, 2.05) is 18.5 Å². The predicted octanol–water partition coefficient (Wildman–Crippen LogP) is 1.36. The molecule has 0 fully saturated rings. The van der Waals surface area contributed by atoms with Gasteiger partial charge in [-0.2, -0.15) is 0 Å². The van der Waals surface area contributed by atoms with Crippen LogP contribution < -0.4 is 0 Å². The first-order chi connectivity index (χ1) is 7.09. The summed E-state index contributed by atoms with van der Waals surface area (Å²) >= 11 is 0. The zero-order chi connectivity index (χ0) is 11.0. The molecule has 1 aliphatic carbocycles. The lowest BCUT2D eigenvalue weighted by Gasteiger charge is -2.13. The van der Waals surface area contributed by atoms with Crippen molar-refractivity contribution >= 4 is 5.97 Å². The van der Waals surface area contributed by atoms with Crippen LogP contribution in [0.4, 0.5) is 0 Å². The summed E-state index contributed by atoms with van der Waals surface area (Å²) in [6, 6.07) is 0.246. The Labute approximate surface area is 88.1 Å². The van der Waals surface area contributed by atoms with Crippen LogP contribution in [0.1, 0.15) is 50.0 Å². The zero-order valence-corrected chi connectivity index (χ0v) is 8.97. The fourth-order valence-corrected chi connectivity index (χ4v) is 2.17. The number of nitrogens with zero attached hydrogens (tertiary/aromatic N) is 3. The van der Waals surface area contributed by atoms with Gasteiger partial charge in [-0.25, -0.2) is 4.68 Å². The molecular formula is C10H15N3O2. The molecule has 0 amide bonds. The van der Waals surface area contributed by atoms with Crippen LogP contribution in [0, 0.1) is 0 Å². The molecule has 0 bridgehead atoms. The van der Waals surface area contributed by atoms with Gasteiger partial charge in [0.25, 0.3) is 0 Å². The summed E-state index contributed by atoms with van der Waals surface area (Å²) in [5.74, 6) is -0.653. The van der Waals surface area contributed by atoms with Gasteiger partial charge in [0.2, 0.25) is 0 Å². The Kier molecular flexibility index (Phi) is 2.46. The maximum absolute atomic E-state index is 10.7. The number of carboxylic acid groups (broad SMARTS) is 1. The van der Waals surface area contributed by atoms with Gasteiger partial charge in [-0.1, -0.05) is 5.21 Å². The van der Waals surface area contributed by atoms with Crippen LogP contribution in [0.2, 0.25) is 0 Å². The zero-order valence-electron chi connectivity index (χ0n) is 8.97. The minimum atomic E-state index is -0.746. The van der Waals surface area contributed by atoms with Gasteiger partial charge in [0, 0.05) is 12.0 Å². The Hall–Kier alpha value is -1.39. The average Bonchev–Trinajstić information content (AvgIpc) is 2.66. The Morgan fingerprint density at radius 1 is 1.67 bits per heavy atom. The molecule has 1 heterocycles. The molecule has 1 aromatic heterocycles. The minimum Gasteiger partial charge on any atom is -0.481 e. The van der Waals surface area contributed by atoms with Gasteiger partial charge < -0.3 is 5.11 Å². The van der Waals surface area contributed by atoms with Crippen molar-refractivity contribution in [3.05, 3.63) is 11.4 Å². The second kappa shape index (κ2) is 3.64. The fourth-order valence-electron chi connectivity index (χ4n) is 2.17. The smallest absolute Gasteiger partial charge is 0.304 e. The highest BCUT2D eigenvalue weighted by Gasteiger charge is 2.31. The van der Waals surface area contributed by atoms with Crippen LogP contribution in [0.5, 0.6) is 0 Å². The fraction of sp³-hybridized carbons (Fsp3) is 0.700. The number of carbonyl (C=O) groups is 1. The van der Waals surface area contributed by atoms with E-state index in [0.29, 0.717) is 0 Å². The molecule has 1 aliphatic rings. The van der Waals surface area contributed by atoms with E-state index in [1.165, 1.54) is 0 Å². The predicted molar refractivity (Wildman–Crippen MR) is 53.7 cm³/mol. The lowest BCUT2D eigenvalue weighted by atomic mass is 10.0. The first kappa shape index (κ1) is 10.1. The van der Waals surface area contributed by atoms with Crippen LogP contribution in [0.15, 0.2) is 0 Å². The third-order valence-corrected chi connectivity index (χ3v) is 2.83.